The molecule has 1 aliphatic carbocycles. The number of anilines is 1. The molecule has 5 heteroatoms. The summed E-state index contributed by atoms with van der Waals surface area (Å²) in [6.07, 6.45) is 7.25. The van der Waals surface area contributed by atoms with Crippen molar-refractivity contribution in [3.05, 3.63) is 59.1 Å². The lowest BCUT2D eigenvalue weighted by Crippen LogP contribution is -2.27. The third-order valence-corrected chi connectivity index (χ3v) is 4.95. The number of benzene rings is 1. The molecule has 130 valence electrons. The summed E-state index contributed by atoms with van der Waals surface area (Å²) in [7, 11) is 0. The van der Waals surface area contributed by atoms with Gasteiger partial charge < -0.3 is 10.0 Å². The number of aryl methyl sites for hydroxylation is 1. The second kappa shape index (κ2) is 5.97. The average Bonchev–Trinajstić information content (AvgIpc) is 3.45. The lowest BCUT2D eigenvalue weighted by atomic mass is 9.88. The highest BCUT2D eigenvalue weighted by atomic mass is 16.4. The van der Waals surface area contributed by atoms with Gasteiger partial charge in [0.2, 0.25) is 0 Å². The molecule has 1 aliphatic heterocycles. The summed E-state index contributed by atoms with van der Waals surface area (Å²) in [6.45, 7) is 4.00. The van der Waals surface area contributed by atoms with Crippen molar-refractivity contribution in [1.29, 1.82) is 0 Å². The summed E-state index contributed by atoms with van der Waals surface area (Å²) in [5.74, 6) is 0.738. The number of nitrogens with zero attached hydrogens (tertiary/aromatic N) is 2. The number of carbonyl (C=O) groups excluding carboxylic acids is 1. The largest absolute Gasteiger partial charge is 0.478 e. The van der Waals surface area contributed by atoms with Crippen molar-refractivity contribution in [3.8, 4) is 11.1 Å². The third kappa shape index (κ3) is 2.54. The number of hydrogen-bond acceptors (Lipinski definition) is 4. The van der Waals surface area contributed by atoms with Crippen molar-refractivity contribution in [2.75, 3.05) is 4.90 Å². The zero-order chi connectivity index (χ0) is 18.4. The van der Waals surface area contributed by atoms with Gasteiger partial charge in [-0.15, -0.1) is 0 Å². The fraction of sp³-hybridized carbons (Fsp3) is 0.238. The van der Waals surface area contributed by atoms with Gasteiger partial charge in [-0.3, -0.25) is 4.98 Å². The number of carboxylic acid groups (broad SMARTS) is 1. The fourth-order valence-electron chi connectivity index (χ4n) is 3.58. The van der Waals surface area contributed by atoms with E-state index in [0.29, 0.717) is 5.56 Å². The lowest BCUT2D eigenvalue weighted by molar-refractivity contribution is -0.132. The highest BCUT2D eigenvalue weighted by molar-refractivity contribution is 6.16. The summed E-state index contributed by atoms with van der Waals surface area (Å²) >= 11 is 0. The van der Waals surface area contributed by atoms with Gasteiger partial charge in [-0.2, -0.15) is 0 Å². The minimum atomic E-state index is -1.11. The molecule has 0 unspecified atom stereocenters. The van der Waals surface area contributed by atoms with Gasteiger partial charge in [-0.25, -0.2) is 9.59 Å². The van der Waals surface area contributed by atoms with Crippen LogP contribution in [0.15, 0.2) is 42.4 Å². The molecule has 0 spiro atoms. The molecule has 2 heterocycles. The SMILES string of the molecule is Cc1cncc(-c2ccc3c(c2C)N(C2CC2)C=C(C(=O)O)C3=C=O)c1. The van der Waals surface area contributed by atoms with Crippen LogP contribution < -0.4 is 4.90 Å². The van der Waals surface area contributed by atoms with Gasteiger partial charge in [-0.1, -0.05) is 12.1 Å². The second-order valence-corrected chi connectivity index (χ2v) is 6.85. The Morgan fingerprint density at radius 3 is 2.58 bits per heavy atom. The van der Waals surface area contributed by atoms with Gasteiger partial charge in [-0.05, 0) is 49.4 Å². The summed E-state index contributed by atoms with van der Waals surface area (Å²) in [4.78, 5) is 29.5. The first-order valence-electron chi connectivity index (χ1n) is 8.56. The molecular formula is C21H18N2O3. The highest BCUT2D eigenvalue weighted by Gasteiger charge is 2.36. The first-order valence-corrected chi connectivity index (χ1v) is 8.56. The van der Waals surface area contributed by atoms with Gasteiger partial charge in [0.25, 0.3) is 0 Å². The number of aromatic nitrogens is 1. The molecule has 1 saturated carbocycles. The molecule has 1 fully saturated rings. The smallest absolute Gasteiger partial charge is 0.338 e. The zero-order valence-electron chi connectivity index (χ0n) is 14.6. The number of aliphatic carboxylic acids is 1. The van der Waals surface area contributed by atoms with E-state index in [1.807, 2.05) is 49.2 Å². The van der Waals surface area contributed by atoms with Crippen LogP contribution in [-0.4, -0.2) is 28.0 Å². The molecule has 0 amide bonds. The van der Waals surface area contributed by atoms with Crippen molar-refractivity contribution < 1.29 is 14.7 Å². The minimum absolute atomic E-state index is 0.00349. The fourth-order valence-corrected chi connectivity index (χ4v) is 3.58. The van der Waals surface area contributed by atoms with Gasteiger partial charge in [0.1, 0.15) is 5.94 Å². The van der Waals surface area contributed by atoms with Gasteiger partial charge in [0.05, 0.1) is 16.8 Å². The zero-order valence-corrected chi connectivity index (χ0v) is 14.6. The maximum atomic E-state index is 11.6. The quantitative estimate of drug-likeness (QED) is 0.861. The predicted molar refractivity (Wildman–Crippen MR) is 99.5 cm³/mol. The molecule has 2 aromatic rings. The minimum Gasteiger partial charge on any atom is -0.478 e. The average molecular weight is 346 g/mol. The summed E-state index contributed by atoms with van der Waals surface area (Å²) < 4.78 is 0. The van der Waals surface area contributed by atoms with E-state index >= 15 is 0 Å². The van der Waals surface area contributed by atoms with Crippen LogP contribution in [0.2, 0.25) is 0 Å². The number of hydrogen-bond donors (Lipinski definition) is 1. The van der Waals surface area contributed by atoms with Crippen LogP contribution >= 0.6 is 0 Å². The molecule has 1 aromatic heterocycles. The lowest BCUT2D eigenvalue weighted by Gasteiger charge is -2.31. The van der Waals surface area contributed by atoms with Crippen molar-refractivity contribution in [1.82, 2.24) is 4.98 Å². The van der Waals surface area contributed by atoms with Crippen molar-refractivity contribution in [2.45, 2.75) is 32.7 Å². The van der Waals surface area contributed by atoms with Crippen molar-refractivity contribution in [2.24, 2.45) is 0 Å². The molecule has 26 heavy (non-hydrogen) atoms. The number of carboxylic acids is 1. The monoisotopic (exact) mass is 346 g/mol. The van der Waals surface area contributed by atoms with E-state index in [0.717, 1.165) is 40.8 Å². The van der Waals surface area contributed by atoms with Gasteiger partial charge >= 0.3 is 5.97 Å². The van der Waals surface area contributed by atoms with E-state index in [-0.39, 0.29) is 17.2 Å². The van der Waals surface area contributed by atoms with Crippen LogP contribution in [0.4, 0.5) is 5.69 Å². The molecule has 4 rings (SSSR count). The molecular weight excluding hydrogens is 328 g/mol. The summed E-state index contributed by atoms with van der Waals surface area (Å²) in [5, 5.41) is 9.51. The second-order valence-electron chi connectivity index (χ2n) is 6.85. The Balaban J connectivity index is 1.96. The number of rotatable bonds is 3. The molecule has 0 atom stereocenters. The first kappa shape index (κ1) is 16.3. The van der Waals surface area contributed by atoms with Crippen LogP contribution in [0, 0.1) is 13.8 Å². The Kier molecular flexibility index (Phi) is 3.74. The molecule has 0 bridgehead atoms. The van der Waals surface area contributed by atoms with E-state index < -0.39 is 5.97 Å². The van der Waals surface area contributed by atoms with Gasteiger partial charge in [0.15, 0.2) is 0 Å². The summed E-state index contributed by atoms with van der Waals surface area (Å²) in [5.41, 5.74) is 5.76. The standard InChI is InChI=1S/C21H18N2O3/c1-12-7-14(9-22-8-12)16-5-6-17-19(11-24)18(21(25)26)10-23(15-3-4-15)20(17)13(16)2/h5-10,15H,3-4H2,1-2H3,(H,25,26). The Hall–Kier alpha value is -3.17. The molecule has 0 saturated heterocycles. The molecule has 1 N–H and O–H groups in total. The molecule has 1 aromatic carbocycles. The Bertz CT molecular complexity index is 1010. The number of carbonyl (C=O) groups is 1. The van der Waals surface area contributed by atoms with Crippen molar-refractivity contribution >= 4 is 23.2 Å². The maximum Gasteiger partial charge on any atom is 0.338 e. The van der Waals surface area contributed by atoms with E-state index in [4.69, 9.17) is 0 Å². The molecule has 5 nitrogen and oxygen atoms in total. The van der Waals surface area contributed by atoms with E-state index in [2.05, 4.69) is 11.1 Å². The van der Waals surface area contributed by atoms with Crippen LogP contribution in [0.1, 0.15) is 29.5 Å². The van der Waals surface area contributed by atoms with Gasteiger partial charge in [0, 0.05) is 35.8 Å². The maximum absolute atomic E-state index is 11.6. The van der Waals surface area contributed by atoms with Crippen LogP contribution in [0.3, 0.4) is 0 Å². The van der Waals surface area contributed by atoms with Crippen LogP contribution in [0.25, 0.3) is 16.7 Å². The molecule has 0 radical (unpaired) electrons. The number of pyridine rings is 1. The predicted octanol–water partition coefficient (Wildman–Crippen LogP) is 3.53. The van der Waals surface area contributed by atoms with E-state index in [1.54, 1.807) is 6.20 Å². The first-order chi connectivity index (χ1) is 12.5. The normalized spacial score (nSPS) is 16.0. The van der Waals surface area contributed by atoms with Crippen molar-refractivity contribution in [3.63, 3.8) is 0 Å². The Morgan fingerprint density at radius 1 is 1.23 bits per heavy atom. The van der Waals surface area contributed by atoms with Crippen LogP contribution in [-0.2, 0) is 9.59 Å². The molecule has 2 aliphatic rings. The van der Waals surface area contributed by atoms with Crippen LogP contribution in [0.5, 0.6) is 0 Å². The Labute approximate surface area is 151 Å². The Morgan fingerprint density at radius 2 is 1.96 bits per heavy atom. The summed E-state index contributed by atoms with van der Waals surface area (Å²) in [6, 6.07) is 6.10. The number of fused-ring (bicyclic) bond motifs is 1. The topological polar surface area (TPSA) is 70.5 Å². The van der Waals surface area contributed by atoms with E-state index in [9.17, 15) is 14.7 Å². The third-order valence-electron chi connectivity index (χ3n) is 4.95. The van der Waals surface area contributed by atoms with E-state index in [1.165, 1.54) is 0 Å². The highest BCUT2D eigenvalue weighted by Crippen LogP contribution is 2.46.